The summed E-state index contributed by atoms with van der Waals surface area (Å²) < 4.78 is 2.27. The zero-order valence-corrected chi connectivity index (χ0v) is 13.6. The molecule has 0 spiro atoms. The molecule has 1 heterocycles. The summed E-state index contributed by atoms with van der Waals surface area (Å²) in [5.41, 5.74) is 5.51. The zero-order chi connectivity index (χ0) is 15.0. The number of nitrogens with zero attached hydrogens (tertiary/aromatic N) is 2. The maximum atomic E-state index is 4.21. The van der Waals surface area contributed by atoms with E-state index < -0.39 is 0 Å². The molecule has 0 saturated heterocycles. The van der Waals surface area contributed by atoms with Gasteiger partial charge in [0.2, 0.25) is 0 Å². The van der Waals surface area contributed by atoms with Crippen LogP contribution in [-0.2, 0) is 24.8 Å². The average Bonchev–Trinajstić information content (AvgIpc) is 3.00. The van der Waals surface area contributed by atoms with E-state index >= 15 is 0 Å². The Morgan fingerprint density at radius 1 is 1.32 bits per heavy atom. The molecular formula is C20H26N2. The molecule has 2 atom stereocenters. The summed E-state index contributed by atoms with van der Waals surface area (Å²) in [7, 11) is 0. The summed E-state index contributed by atoms with van der Waals surface area (Å²) in [4.78, 5) is 4.21. The molecule has 2 aliphatic carbocycles. The summed E-state index contributed by atoms with van der Waals surface area (Å²) in [6.07, 6.45) is 15.3. The molecule has 4 rings (SSSR count). The first-order valence-corrected chi connectivity index (χ1v) is 8.88. The van der Waals surface area contributed by atoms with Crippen molar-refractivity contribution in [3.63, 3.8) is 0 Å². The van der Waals surface area contributed by atoms with Gasteiger partial charge in [0.15, 0.2) is 0 Å². The van der Waals surface area contributed by atoms with Gasteiger partial charge in [0.25, 0.3) is 0 Å². The van der Waals surface area contributed by atoms with Gasteiger partial charge in [0, 0.05) is 18.9 Å². The normalized spacial score (nSPS) is 26.7. The number of aryl methyl sites for hydroxylation is 1. The van der Waals surface area contributed by atoms with Crippen molar-refractivity contribution in [3.05, 3.63) is 53.6 Å². The highest BCUT2D eigenvalue weighted by atomic mass is 15.0. The third kappa shape index (κ3) is 2.29. The van der Waals surface area contributed by atoms with Crippen molar-refractivity contribution in [2.24, 2.45) is 5.92 Å². The second-order valence-electron chi connectivity index (χ2n) is 7.37. The lowest BCUT2D eigenvalue weighted by molar-refractivity contribution is 0.218. The first-order valence-electron chi connectivity index (χ1n) is 8.88. The van der Waals surface area contributed by atoms with Crippen LogP contribution in [0.4, 0.5) is 0 Å². The lowest BCUT2D eigenvalue weighted by Gasteiger charge is -2.47. The predicted molar refractivity (Wildman–Crippen MR) is 90.0 cm³/mol. The van der Waals surface area contributed by atoms with Gasteiger partial charge in [-0.25, -0.2) is 4.98 Å². The Hall–Kier alpha value is -1.57. The minimum absolute atomic E-state index is 0.461. The molecule has 0 saturated carbocycles. The fraction of sp³-hybridized carbons (Fsp3) is 0.550. The highest BCUT2D eigenvalue weighted by molar-refractivity contribution is 5.45. The molecule has 0 N–H and O–H groups in total. The molecule has 0 aliphatic heterocycles. The van der Waals surface area contributed by atoms with Crippen molar-refractivity contribution in [1.29, 1.82) is 0 Å². The Morgan fingerprint density at radius 3 is 3.05 bits per heavy atom. The van der Waals surface area contributed by atoms with Gasteiger partial charge in [0.1, 0.15) is 0 Å². The molecule has 2 heteroatoms. The van der Waals surface area contributed by atoms with Gasteiger partial charge in [-0.2, -0.15) is 0 Å². The van der Waals surface area contributed by atoms with E-state index in [1.807, 2.05) is 12.5 Å². The van der Waals surface area contributed by atoms with E-state index in [1.165, 1.54) is 44.9 Å². The van der Waals surface area contributed by atoms with Crippen molar-refractivity contribution < 1.29 is 0 Å². The van der Waals surface area contributed by atoms with Crippen LogP contribution >= 0.6 is 0 Å². The minimum Gasteiger partial charge on any atom is -0.337 e. The van der Waals surface area contributed by atoms with Gasteiger partial charge >= 0.3 is 0 Å². The van der Waals surface area contributed by atoms with Gasteiger partial charge in [-0.05, 0) is 66.5 Å². The summed E-state index contributed by atoms with van der Waals surface area (Å²) >= 11 is 0. The molecular weight excluding hydrogens is 268 g/mol. The Labute approximate surface area is 133 Å². The molecule has 1 aromatic heterocycles. The lowest BCUT2D eigenvalue weighted by Crippen LogP contribution is -2.39. The van der Waals surface area contributed by atoms with Crippen molar-refractivity contribution in [2.45, 2.75) is 63.8 Å². The number of imidazole rings is 1. The standard InChI is InChI=1S/C20H26N2/c1-2-8-20-9-4-7-17-5-3-6-18(19(17)20)12-16(13-20)14-22-11-10-21-15-22/h3,5-6,10-11,15-16H,2,4,7-9,12-14H2,1H3. The molecule has 2 aromatic rings. The van der Waals surface area contributed by atoms with Crippen LogP contribution in [-0.4, -0.2) is 9.55 Å². The summed E-state index contributed by atoms with van der Waals surface area (Å²) in [6.45, 7) is 3.47. The number of hydrogen-bond acceptors (Lipinski definition) is 1. The average molecular weight is 294 g/mol. The van der Waals surface area contributed by atoms with E-state index in [0.717, 1.165) is 12.5 Å². The van der Waals surface area contributed by atoms with Crippen molar-refractivity contribution in [2.75, 3.05) is 0 Å². The first-order chi connectivity index (χ1) is 10.8. The molecule has 0 amide bonds. The molecule has 2 nitrogen and oxygen atoms in total. The maximum Gasteiger partial charge on any atom is 0.0945 e. The van der Waals surface area contributed by atoms with Gasteiger partial charge < -0.3 is 4.57 Å². The Morgan fingerprint density at radius 2 is 2.23 bits per heavy atom. The maximum absolute atomic E-state index is 4.21. The van der Waals surface area contributed by atoms with Crippen LogP contribution in [0, 0.1) is 5.92 Å². The Balaban J connectivity index is 1.72. The van der Waals surface area contributed by atoms with E-state index in [4.69, 9.17) is 0 Å². The molecule has 1 aromatic carbocycles. The molecule has 22 heavy (non-hydrogen) atoms. The van der Waals surface area contributed by atoms with E-state index in [9.17, 15) is 0 Å². The molecule has 0 radical (unpaired) electrons. The smallest absolute Gasteiger partial charge is 0.0945 e. The van der Waals surface area contributed by atoms with Crippen LogP contribution in [0.5, 0.6) is 0 Å². The summed E-state index contributed by atoms with van der Waals surface area (Å²) in [5.74, 6) is 0.751. The quantitative estimate of drug-likeness (QED) is 0.810. The third-order valence-corrected chi connectivity index (χ3v) is 5.81. The van der Waals surface area contributed by atoms with Crippen LogP contribution in [0.15, 0.2) is 36.9 Å². The highest BCUT2D eigenvalue weighted by Gasteiger charge is 2.42. The second-order valence-corrected chi connectivity index (χ2v) is 7.37. The minimum atomic E-state index is 0.461. The topological polar surface area (TPSA) is 17.8 Å². The van der Waals surface area contributed by atoms with Gasteiger partial charge in [-0.3, -0.25) is 0 Å². The zero-order valence-electron chi connectivity index (χ0n) is 13.6. The molecule has 0 bridgehead atoms. The SMILES string of the molecule is CCCC12CCCc3cccc(c31)CC(Cn1ccnc1)C2. The molecule has 0 fully saturated rings. The Bertz CT molecular complexity index is 644. The molecule has 2 aliphatic rings. The fourth-order valence-corrected chi connectivity index (χ4v) is 5.25. The Kier molecular flexibility index (Phi) is 3.56. The van der Waals surface area contributed by atoms with Crippen LogP contribution in [0.1, 0.15) is 55.7 Å². The first kappa shape index (κ1) is 14.0. The van der Waals surface area contributed by atoms with E-state index in [1.54, 1.807) is 16.7 Å². The lowest BCUT2D eigenvalue weighted by atomic mass is 9.58. The fourth-order valence-electron chi connectivity index (χ4n) is 5.25. The summed E-state index contributed by atoms with van der Waals surface area (Å²) in [6, 6.07) is 7.07. The van der Waals surface area contributed by atoms with Gasteiger partial charge in [-0.15, -0.1) is 0 Å². The van der Waals surface area contributed by atoms with Gasteiger partial charge in [0.05, 0.1) is 6.33 Å². The van der Waals surface area contributed by atoms with E-state index in [-0.39, 0.29) is 0 Å². The van der Waals surface area contributed by atoms with Crippen LogP contribution in [0.25, 0.3) is 0 Å². The third-order valence-electron chi connectivity index (χ3n) is 5.81. The number of aromatic nitrogens is 2. The van der Waals surface area contributed by atoms with Crippen molar-refractivity contribution >= 4 is 0 Å². The molecule has 116 valence electrons. The van der Waals surface area contributed by atoms with Crippen LogP contribution in [0.2, 0.25) is 0 Å². The van der Waals surface area contributed by atoms with Crippen molar-refractivity contribution in [1.82, 2.24) is 9.55 Å². The van der Waals surface area contributed by atoms with E-state index in [0.29, 0.717) is 5.41 Å². The molecule has 2 unspecified atom stereocenters. The van der Waals surface area contributed by atoms with Crippen LogP contribution < -0.4 is 0 Å². The van der Waals surface area contributed by atoms with Gasteiger partial charge in [-0.1, -0.05) is 31.5 Å². The van der Waals surface area contributed by atoms with Crippen molar-refractivity contribution in [3.8, 4) is 0 Å². The number of rotatable bonds is 4. The number of benzene rings is 1. The highest BCUT2D eigenvalue weighted by Crippen LogP contribution is 2.50. The monoisotopic (exact) mass is 294 g/mol. The largest absolute Gasteiger partial charge is 0.337 e. The predicted octanol–water partition coefficient (Wildman–Crippen LogP) is 4.52. The summed E-state index contributed by atoms with van der Waals surface area (Å²) in [5, 5.41) is 0. The number of hydrogen-bond donors (Lipinski definition) is 0. The van der Waals surface area contributed by atoms with Crippen LogP contribution in [0.3, 0.4) is 0 Å². The van der Waals surface area contributed by atoms with E-state index in [2.05, 4.69) is 40.9 Å². The second kappa shape index (κ2) is 5.57.